The molecule has 0 aromatic heterocycles. The molecule has 66 valence electrons. The summed E-state index contributed by atoms with van der Waals surface area (Å²) < 4.78 is 0. The van der Waals surface area contributed by atoms with Crippen molar-refractivity contribution < 1.29 is 22.9 Å². The fourth-order valence-electron chi connectivity index (χ4n) is 0.791. The van der Waals surface area contributed by atoms with Crippen molar-refractivity contribution in [2.24, 2.45) is 0 Å². The van der Waals surface area contributed by atoms with Crippen LogP contribution in [0.1, 0.15) is 6.92 Å². The number of hydrogen-bond acceptors (Lipinski definition) is 1. The minimum absolute atomic E-state index is 0. The van der Waals surface area contributed by atoms with E-state index >= 15 is 0 Å². The van der Waals surface area contributed by atoms with E-state index in [2.05, 4.69) is 11.1 Å². The fraction of sp³-hybridized carbons (Fsp3) is 0.125. The minimum Gasteiger partial charge on any atom is -1.00 e. The first-order valence-electron chi connectivity index (χ1n) is 3.38. The fourth-order valence-corrected chi connectivity index (χ4v) is 0.791. The van der Waals surface area contributed by atoms with Crippen LogP contribution in [0.25, 0.3) is 0 Å². The molecule has 0 saturated carbocycles. The van der Waals surface area contributed by atoms with Gasteiger partial charge in [0, 0.05) is 24.7 Å². The second-order valence-corrected chi connectivity index (χ2v) is 2.38. The van der Waals surface area contributed by atoms with E-state index in [0.29, 0.717) is 0 Å². The number of anilines is 1. The van der Waals surface area contributed by atoms with Crippen LogP contribution in [0, 0.1) is 0 Å². The zero-order valence-corrected chi connectivity index (χ0v) is 7.56. The summed E-state index contributed by atoms with van der Waals surface area (Å²) in [6.45, 7) is 1.48. The van der Waals surface area contributed by atoms with Gasteiger partial charge < -0.3 is 23.5 Å². The van der Waals surface area contributed by atoms with Crippen molar-refractivity contribution in [2.45, 2.75) is 6.92 Å². The van der Waals surface area contributed by atoms with Gasteiger partial charge in [-0.25, -0.2) is 0 Å². The molecule has 0 atom stereocenters. The molecule has 0 radical (unpaired) electrons. The Balaban J connectivity index is 0.00000121. The maximum atomic E-state index is 10.6. The lowest BCUT2D eigenvalue weighted by atomic mass is 10.3. The molecule has 0 saturated heterocycles. The summed E-state index contributed by atoms with van der Waals surface area (Å²) in [4.78, 5) is 10.6. The highest BCUT2D eigenvalue weighted by atomic mass is 35.5. The number of amides is 1. The van der Waals surface area contributed by atoms with E-state index in [1.807, 2.05) is 24.3 Å². The molecule has 1 aromatic rings. The van der Waals surface area contributed by atoms with Gasteiger partial charge in [-0.1, -0.05) is 0 Å². The number of halogens is 1. The summed E-state index contributed by atoms with van der Waals surface area (Å²) in [6.07, 6.45) is 0. The quantitative estimate of drug-likeness (QED) is 0.502. The minimum atomic E-state index is -0.0539. The predicted molar refractivity (Wildman–Crippen MR) is 43.3 cm³/mol. The number of hydrogen-bond donors (Lipinski definition) is 2. The van der Waals surface area contributed by atoms with Gasteiger partial charge in [-0.15, -0.1) is 0 Å². The molecule has 0 aliphatic carbocycles. The predicted octanol–water partition coefficient (Wildman–Crippen LogP) is -2.48. The van der Waals surface area contributed by atoms with E-state index in [4.69, 9.17) is 0 Å². The van der Waals surface area contributed by atoms with Crippen LogP contribution in [0.3, 0.4) is 0 Å². The second-order valence-electron chi connectivity index (χ2n) is 2.38. The van der Waals surface area contributed by atoms with Gasteiger partial charge in [-0.2, -0.15) is 0 Å². The van der Waals surface area contributed by atoms with Crippen LogP contribution in [0.15, 0.2) is 24.3 Å². The van der Waals surface area contributed by atoms with Gasteiger partial charge in [0.2, 0.25) is 5.91 Å². The Bertz CT molecular complexity index is 258. The topological polar surface area (TPSA) is 56.7 Å². The maximum absolute atomic E-state index is 10.6. The molecule has 3 nitrogen and oxygen atoms in total. The molecule has 0 aliphatic heterocycles. The van der Waals surface area contributed by atoms with Gasteiger partial charge in [0.25, 0.3) is 0 Å². The van der Waals surface area contributed by atoms with Crippen molar-refractivity contribution >= 4 is 17.3 Å². The highest BCUT2D eigenvalue weighted by Crippen LogP contribution is 2.08. The van der Waals surface area contributed by atoms with Gasteiger partial charge >= 0.3 is 0 Å². The third-order valence-electron chi connectivity index (χ3n) is 1.27. The smallest absolute Gasteiger partial charge is 0.221 e. The highest BCUT2D eigenvalue weighted by molar-refractivity contribution is 5.88. The first-order valence-corrected chi connectivity index (χ1v) is 3.38. The molecule has 0 heterocycles. The zero-order valence-electron chi connectivity index (χ0n) is 6.80. The molecule has 1 amide bonds. The normalized spacial score (nSPS) is 8.50. The van der Waals surface area contributed by atoms with Gasteiger partial charge in [0.05, 0.1) is 0 Å². The number of carbonyl (C=O) groups excluding carboxylic acids is 1. The van der Waals surface area contributed by atoms with Crippen LogP contribution < -0.4 is 23.5 Å². The summed E-state index contributed by atoms with van der Waals surface area (Å²) in [7, 11) is 0. The first-order chi connectivity index (χ1) is 5.18. The van der Waals surface area contributed by atoms with Crippen molar-refractivity contribution in [1.29, 1.82) is 0 Å². The summed E-state index contributed by atoms with van der Waals surface area (Å²) in [5.74, 6) is -0.0539. The van der Waals surface area contributed by atoms with Crippen molar-refractivity contribution in [2.75, 3.05) is 5.32 Å². The van der Waals surface area contributed by atoms with E-state index < -0.39 is 0 Å². The molecular formula is C8H11ClN2O. The third-order valence-corrected chi connectivity index (χ3v) is 1.27. The monoisotopic (exact) mass is 186 g/mol. The third kappa shape index (κ3) is 3.37. The van der Waals surface area contributed by atoms with E-state index in [9.17, 15) is 4.79 Å². The van der Waals surface area contributed by atoms with Crippen LogP contribution in [-0.2, 0) is 4.79 Å². The lowest BCUT2D eigenvalue weighted by Crippen LogP contribution is -3.00. The standard InChI is InChI=1S/C8H10N2O.ClH/c1-6(11)10-8-4-2-7(9)3-5-8;/h2-5H,9H2,1H3,(H,10,11);1H. The average Bonchev–Trinajstić information content (AvgIpc) is 1.93. The van der Waals surface area contributed by atoms with E-state index in [-0.39, 0.29) is 18.3 Å². The van der Waals surface area contributed by atoms with Crippen molar-refractivity contribution in [1.82, 2.24) is 0 Å². The van der Waals surface area contributed by atoms with Crippen LogP contribution in [-0.4, -0.2) is 5.91 Å². The van der Waals surface area contributed by atoms with Crippen LogP contribution in [0.4, 0.5) is 11.4 Å². The van der Waals surface area contributed by atoms with Gasteiger partial charge in [0.15, 0.2) is 0 Å². The molecule has 4 N–H and O–H groups in total. The summed E-state index contributed by atoms with van der Waals surface area (Å²) in [5, 5.41) is 2.67. The number of benzene rings is 1. The second kappa shape index (κ2) is 4.74. The molecule has 0 aliphatic rings. The van der Waals surface area contributed by atoms with E-state index in [0.717, 1.165) is 11.4 Å². The lowest BCUT2D eigenvalue weighted by Gasteiger charge is -1.99. The van der Waals surface area contributed by atoms with Crippen molar-refractivity contribution in [3.63, 3.8) is 0 Å². The van der Waals surface area contributed by atoms with Gasteiger partial charge in [-0.05, 0) is 12.1 Å². The molecule has 0 unspecified atom stereocenters. The zero-order chi connectivity index (χ0) is 8.27. The molecular weight excluding hydrogens is 176 g/mol. The Kier molecular flexibility index (Phi) is 4.33. The van der Waals surface area contributed by atoms with Gasteiger partial charge in [-0.3, -0.25) is 4.79 Å². The van der Waals surface area contributed by atoms with Crippen LogP contribution >= 0.6 is 0 Å². The number of nitrogens with one attached hydrogen (secondary N) is 1. The van der Waals surface area contributed by atoms with Crippen LogP contribution in [0.5, 0.6) is 0 Å². The molecule has 1 aromatic carbocycles. The summed E-state index contributed by atoms with van der Waals surface area (Å²) in [6, 6.07) is 7.35. The molecule has 4 heteroatoms. The Morgan fingerprint density at radius 1 is 1.33 bits per heavy atom. The molecule has 0 spiro atoms. The summed E-state index contributed by atoms with van der Waals surface area (Å²) >= 11 is 0. The Morgan fingerprint density at radius 2 is 1.83 bits per heavy atom. The molecule has 0 fully saturated rings. The lowest BCUT2D eigenvalue weighted by molar-refractivity contribution is -0.254. The summed E-state index contributed by atoms with van der Waals surface area (Å²) in [5.41, 5.74) is 5.48. The Labute approximate surface area is 77.4 Å². The SMILES string of the molecule is CC(=O)Nc1ccc([NH3+])cc1.[Cl-]. The van der Waals surface area contributed by atoms with E-state index in [1.54, 1.807) is 0 Å². The van der Waals surface area contributed by atoms with Crippen LogP contribution in [0.2, 0.25) is 0 Å². The molecule has 1 rings (SSSR count). The molecule has 12 heavy (non-hydrogen) atoms. The highest BCUT2D eigenvalue weighted by Gasteiger charge is 1.94. The van der Waals surface area contributed by atoms with Crippen molar-refractivity contribution in [3.8, 4) is 0 Å². The molecule has 0 bridgehead atoms. The number of quaternary nitrogens is 1. The van der Waals surface area contributed by atoms with E-state index in [1.165, 1.54) is 6.92 Å². The first kappa shape index (κ1) is 10.9. The number of carbonyl (C=O) groups is 1. The maximum Gasteiger partial charge on any atom is 0.221 e. The van der Waals surface area contributed by atoms with Crippen molar-refractivity contribution in [3.05, 3.63) is 24.3 Å². The Hall–Kier alpha value is -1.06. The average molecular weight is 187 g/mol. The largest absolute Gasteiger partial charge is 1.00 e. The number of rotatable bonds is 1. The Morgan fingerprint density at radius 3 is 2.25 bits per heavy atom. The van der Waals surface area contributed by atoms with Gasteiger partial charge in [0.1, 0.15) is 5.69 Å².